The van der Waals surface area contributed by atoms with E-state index in [2.05, 4.69) is 13.5 Å². The highest BCUT2D eigenvalue weighted by Gasteiger charge is 2.27. The van der Waals surface area contributed by atoms with Crippen molar-refractivity contribution in [2.45, 2.75) is 58.3 Å². The maximum Gasteiger partial charge on any atom is 0.307 e. The smallest absolute Gasteiger partial charge is 0.307 e. The highest BCUT2D eigenvalue weighted by atomic mass is 16.4. The van der Waals surface area contributed by atoms with Gasteiger partial charge in [-0.2, -0.15) is 0 Å². The van der Waals surface area contributed by atoms with Gasteiger partial charge < -0.3 is 10.2 Å². The molecule has 0 spiro atoms. The Labute approximate surface area is 115 Å². The number of carboxylic acids is 2. The Bertz CT molecular complexity index is 286. The molecular formula is C15H26O4. The number of rotatable bonds is 12. The van der Waals surface area contributed by atoms with Gasteiger partial charge in [0.2, 0.25) is 0 Å². The van der Waals surface area contributed by atoms with Crippen LogP contribution in [0.25, 0.3) is 0 Å². The predicted octanol–water partition coefficient (Wildman–Crippen LogP) is 3.71. The fourth-order valence-corrected chi connectivity index (χ4v) is 2.25. The van der Waals surface area contributed by atoms with Crippen LogP contribution >= 0.6 is 0 Å². The summed E-state index contributed by atoms with van der Waals surface area (Å²) < 4.78 is 0. The van der Waals surface area contributed by atoms with Crippen molar-refractivity contribution >= 4 is 11.9 Å². The highest BCUT2D eigenvalue weighted by Crippen LogP contribution is 2.24. The summed E-state index contributed by atoms with van der Waals surface area (Å²) in [4.78, 5) is 21.8. The Morgan fingerprint density at radius 2 is 1.68 bits per heavy atom. The SMILES string of the molecule is C=CC(CCCCCCCC)C(CC(=O)O)C(=O)O. The molecule has 4 nitrogen and oxygen atoms in total. The Hall–Kier alpha value is -1.32. The number of hydrogen-bond acceptors (Lipinski definition) is 2. The van der Waals surface area contributed by atoms with Crippen molar-refractivity contribution in [2.75, 3.05) is 0 Å². The molecule has 110 valence electrons. The van der Waals surface area contributed by atoms with Crippen molar-refractivity contribution in [3.8, 4) is 0 Å². The molecule has 0 aliphatic rings. The lowest BCUT2D eigenvalue weighted by Crippen LogP contribution is -2.25. The summed E-state index contributed by atoms with van der Waals surface area (Å²) in [7, 11) is 0. The topological polar surface area (TPSA) is 74.6 Å². The van der Waals surface area contributed by atoms with E-state index in [1.807, 2.05) is 0 Å². The Morgan fingerprint density at radius 3 is 2.16 bits per heavy atom. The minimum atomic E-state index is -1.07. The molecule has 0 aromatic heterocycles. The van der Waals surface area contributed by atoms with Gasteiger partial charge in [0.1, 0.15) is 0 Å². The average Bonchev–Trinajstić information content (AvgIpc) is 2.35. The van der Waals surface area contributed by atoms with Gasteiger partial charge >= 0.3 is 11.9 Å². The van der Waals surface area contributed by atoms with Crippen LogP contribution in [0.15, 0.2) is 12.7 Å². The highest BCUT2D eigenvalue weighted by molar-refractivity contribution is 5.78. The molecule has 0 bridgehead atoms. The second kappa shape index (κ2) is 10.6. The molecule has 4 heteroatoms. The van der Waals surface area contributed by atoms with E-state index < -0.39 is 17.9 Å². The largest absolute Gasteiger partial charge is 0.481 e. The molecule has 0 saturated carbocycles. The summed E-state index contributed by atoms with van der Waals surface area (Å²) in [5.41, 5.74) is 0. The number of unbranched alkanes of at least 4 members (excludes halogenated alkanes) is 5. The van der Waals surface area contributed by atoms with Crippen LogP contribution < -0.4 is 0 Å². The van der Waals surface area contributed by atoms with Crippen LogP contribution in [0, 0.1) is 11.8 Å². The van der Waals surface area contributed by atoms with E-state index in [9.17, 15) is 9.59 Å². The molecule has 0 radical (unpaired) electrons. The monoisotopic (exact) mass is 270 g/mol. The number of carboxylic acid groups (broad SMARTS) is 2. The van der Waals surface area contributed by atoms with Crippen LogP contribution in [0.5, 0.6) is 0 Å². The van der Waals surface area contributed by atoms with E-state index in [0.717, 1.165) is 19.3 Å². The molecule has 0 heterocycles. The van der Waals surface area contributed by atoms with E-state index in [0.29, 0.717) is 6.42 Å². The van der Waals surface area contributed by atoms with Crippen LogP contribution in [0.2, 0.25) is 0 Å². The first-order chi connectivity index (χ1) is 9.02. The Kier molecular flexibility index (Phi) is 9.85. The molecule has 2 N–H and O–H groups in total. The molecule has 0 aromatic carbocycles. The molecular weight excluding hydrogens is 244 g/mol. The summed E-state index contributed by atoms with van der Waals surface area (Å²) in [5.74, 6) is -3.22. The Balaban J connectivity index is 4.11. The zero-order chi connectivity index (χ0) is 14.7. The minimum absolute atomic E-state index is 0.250. The van der Waals surface area contributed by atoms with Crippen LogP contribution in [0.1, 0.15) is 58.3 Å². The number of allylic oxidation sites excluding steroid dienone is 1. The maximum absolute atomic E-state index is 11.1. The summed E-state index contributed by atoms with van der Waals surface area (Å²) in [6, 6.07) is 0. The van der Waals surface area contributed by atoms with Gasteiger partial charge in [0.25, 0.3) is 0 Å². The first-order valence-corrected chi connectivity index (χ1v) is 7.10. The summed E-state index contributed by atoms with van der Waals surface area (Å²) in [6.07, 6.45) is 8.79. The molecule has 0 rings (SSSR count). The standard InChI is InChI=1S/C15H26O4/c1-3-5-6-7-8-9-10-12(4-2)13(15(18)19)11-14(16)17/h4,12-13H,2-3,5-11H2,1H3,(H,16,17)(H,18,19). The van der Waals surface area contributed by atoms with Crippen molar-refractivity contribution in [3.63, 3.8) is 0 Å². The van der Waals surface area contributed by atoms with Crippen molar-refractivity contribution in [1.82, 2.24) is 0 Å². The van der Waals surface area contributed by atoms with Gasteiger partial charge in [-0.25, -0.2) is 0 Å². The molecule has 2 atom stereocenters. The third-order valence-corrected chi connectivity index (χ3v) is 3.42. The van der Waals surface area contributed by atoms with Crippen molar-refractivity contribution < 1.29 is 19.8 Å². The van der Waals surface area contributed by atoms with E-state index in [1.54, 1.807) is 6.08 Å². The van der Waals surface area contributed by atoms with Gasteiger partial charge in [-0.15, -0.1) is 6.58 Å². The normalized spacial score (nSPS) is 13.7. The van der Waals surface area contributed by atoms with Crippen molar-refractivity contribution in [1.29, 1.82) is 0 Å². The molecule has 0 aromatic rings. The van der Waals surface area contributed by atoms with Gasteiger partial charge in [0, 0.05) is 0 Å². The van der Waals surface area contributed by atoms with Gasteiger partial charge in [-0.05, 0) is 12.3 Å². The number of aliphatic carboxylic acids is 2. The second-order valence-electron chi connectivity index (χ2n) is 5.00. The fourth-order valence-electron chi connectivity index (χ4n) is 2.25. The van der Waals surface area contributed by atoms with Crippen LogP contribution in [0.4, 0.5) is 0 Å². The predicted molar refractivity (Wildman–Crippen MR) is 75.1 cm³/mol. The van der Waals surface area contributed by atoms with Crippen LogP contribution in [-0.4, -0.2) is 22.2 Å². The zero-order valence-electron chi connectivity index (χ0n) is 11.8. The lowest BCUT2D eigenvalue weighted by Gasteiger charge is -2.19. The summed E-state index contributed by atoms with van der Waals surface area (Å²) in [5, 5.41) is 17.8. The van der Waals surface area contributed by atoms with E-state index in [1.165, 1.54) is 19.3 Å². The van der Waals surface area contributed by atoms with Gasteiger partial charge in [-0.1, -0.05) is 51.5 Å². The summed E-state index contributed by atoms with van der Waals surface area (Å²) in [6.45, 7) is 5.81. The van der Waals surface area contributed by atoms with Crippen LogP contribution in [-0.2, 0) is 9.59 Å². The Morgan fingerprint density at radius 1 is 1.11 bits per heavy atom. The molecule has 0 aliphatic carbocycles. The van der Waals surface area contributed by atoms with Crippen molar-refractivity contribution in [3.05, 3.63) is 12.7 Å². The first-order valence-electron chi connectivity index (χ1n) is 7.10. The van der Waals surface area contributed by atoms with Gasteiger partial charge in [0.15, 0.2) is 0 Å². The molecule has 0 aliphatic heterocycles. The molecule has 2 unspecified atom stereocenters. The van der Waals surface area contributed by atoms with E-state index in [4.69, 9.17) is 10.2 Å². The molecule has 19 heavy (non-hydrogen) atoms. The second-order valence-corrected chi connectivity index (χ2v) is 5.00. The third kappa shape index (κ3) is 8.41. The molecule has 0 fully saturated rings. The van der Waals surface area contributed by atoms with E-state index in [-0.39, 0.29) is 12.3 Å². The number of hydrogen-bond donors (Lipinski definition) is 2. The quantitative estimate of drug-likeness (QED) is 0.418. The third-order valence-electron chi connectivity index (χ3n) is 3.42. The van der Waals surface area contributed by atoms with E-state index >= 15 is 0 Å². The average molecular weight is 270 g/mol. The van der Waals surface area contributed by atoms with Crippen LogP contribution in [0.3, 0.4) is 0 Å². The minimum Gasteiger partial charge on any atom is -0.481 e. The lowest BCUT2D eigenvalue weighted by atomic mass is 9.85. The zero-order valence-corrected chi connectivity index (χ0v) is 11.8. The molecule has 0 saturated heterocycles. The maximum atomic E-state index is 11.1. The van der Waals surface area contributed by atoms with Gasteiger partial charge in [0.05, 0.1) is 12.3 Å². The fraction of sp³-hybridized carbons (Fsp3) is 0.733. The lowest BCUT2D eigenvalue weighted by molar-refractivity contribution is -0.149. The van der Waals surface area contributed by atoms with Gasteiger partial charge in [-0.3, -0.25) is 9.59 Å². The van der Waals surface area contributed by atoms with Crippen molar-refractivity contribution in [2.24, 2.45) is 11.8 Å². The first kappa shape index (κ1) is 17.7. The number of carbonyl (C=O) groups is 2. The summed E-state index contributed by atoms with van der Waals surface area (Å²) >= 11 is 0. The molecule has 0 amide bonds.